The van der Waals surface area contributed by atoms with Crippen molar-refractivity contribution in [3.8, 4) is 11.8 Å². The van der Waals surface area contributed by atoms with E-state index in [0.717, 1.165) is 86.8 Å². The molecular weight excluding hydrogens is 484 g/mol. The molecule has 38 heavy (non-hydrogen) atoms. The first kappa shape index (κ1) is 25.0. The summed E-state index contributed by atoms with van der Waals surface area (Å²) in [7, 11) is 1.70. The van der Waals surface area contributed by atoms with E-state index < -0.39 is 0 Å². The van der Waals surface area contributed by atoms with Crippen LogP contribution in [0, 0.1) is 11.8 Å². The van der Waals surface area contributed by atoms with Crippen LogP contribution in [0.2, 0.25) is 0 Å². The van der Waals surface area contributed by atoms with Gasteiger partial charge in [-0.05, 0) is 50.5 Å². The number of aromatic nitrogens is 3. The van der Waals surface area contributed by atoms with Gasteiger partial charge < -0.3 is 24.4 Å². The number of nitrogens with zero attached hydrogens (tertiary/aromatic N) is 5. The van der Waals surface area contributed by atoms with Gasteiger partial charge in [0.2, 0.25) is 0 Å². The number of aliphatic imine (C=N–C) groups is 1. The maximum atomic E-state index is 13.1. The van der Waals surface area contributed by atoms with Crippen molar-refractivity contribution in [1.29, 1.82) is 0 Å². The average molecular weight is 521 g/mol. The number of piperidine rings is 1. The summed E-state index contributed by atoms with van der Waals surface area (Å²) in [4.78, 5) is 33.9. The molecule has 4 aliphatic rings. The maximum Gasteiger partial charge on any atom is 0.319 e. The highest BCUT2D eigenvalue weighted by molar-refractivity contribution is 6.07. The Bertz CT molecular complexity index is 1210. The van der Waals surface area contributed by atoms with Crippen LogP contribution in [-0.2, 0) is 11.3 Å². The first-order chi connectivity index (χ1) is 18.6. The highest BCUT2D eigenvalue weighted by Crippen LogP contribution is 2.34. The van der Waals surface area contributed by atoms with E-state index in [1.165, 1.54) is 0 Å². The third-order valence-electron chi connectivity index (χ3n) is 8.36. The van der Waals surface area contributed by atoms with Gasteiger partial charge in [-0.15, -0.1) is 0 Å². The Kier molecular flexibility index (Phi) is 7.14. The highest BCUT2D eigenvalue weighted by Gasteiger charge is 2.32. The molecular formula is C28H36N6O4. The summed E-state index contributed by atoms with van der Waals surface area (Å²) >= 11 is 0. The zero-order valence-corrected chi connectivity index (χ0v) is 22.2. The van der Waals surface area contributed by atoms with Crippen LogP contribution in [0.3, 0.4) is 0 Å². The van der Waals surface area contributed by atoms with Crippen LogP contribution in [0.15, 0.2) is 23.3 Å². The second kappa shape index (κ2) is 10.8. The van der Waals surface area contributed by atoms with Gasteiger partial charge in [0, 0.05) is 43.9 Å². The molecule has 1 amide bonds. The molecule has 202 valence electrons. The molecule has 3 atom stereocenters. The van der Waals surface area contributed by atoms with Crippen LogP contribution >= 0.6 is 0 Å². The summed E-state index contributed by atoms with van der Waals surface area (Å²) in [5.41, 5.74) is 3.50. The predicted molar refractivity (Wildman–Crippen MR) is 142 cm³/mol. The first-order valence-corrected chi connectivity index (χ1v) is 13.8. The summed E-state index contributed by atoms with van der Waals surface area (Å²) in [6.45, 7) is 5.52. The zero-order chi connectivity index (χ0) is 26.1. The Morgan fingerprint density at radius 1 is 1.18 bits per heavy atom. The van der Waals surface area contributed by atoms with E-state index in [4.69, 9.17) is 24.2 Å². The van der Waals surface area contributed by atoms with Crippen LogP contribution in [0.1, 0.15) is 67.2 Å². The standard InChI is InChI=1S/C28H36N6O4/c1-17-5-6-20(17)31-27(35)21-14-24(33-28(32-21)38-16-19-4-3-13-37-19)34-11-8-18(9-12-34)26-25-22(15-30-26)29-10-7-23(25)36-2/h7,10,14,17-20H,3-6,8-9,11-13,15-16H2,1-2H3,(H,31,35)/t17-,19-,20+/m0/s1. The van der Waals surface area contributed by atoms with E-state index in [9.17, 15) is 4.79 Å². The largest absolute Gasteiger partial charge is 0.496 e. The maximum absolute atomic E-state index is 13.1. The second-order valence-corrected chi connectivity index (χ2v) is 10.8. The van der Waals surface area contributed by atoms with Gasteiger partial charge in [-0.3, -0.25) is 14.8 Å². The number of hydrogen-bond donors (Lipinski definition) is 1. The van der Waals surface area contributed by atoms with Crippen molar-refractivity contribution < 1.29 is 19.0 Å². The highest BCUT2D eigenvalue weighted by atomic mass is 16.5. The van der Waals surface area contributed by atoms with Gasteiger partial charge in [-0.1, -0.05) is 6.92 Å². The fourth-order valence-electron chi connectivity index (χ4n) is 5.83. The van der Waals surface area contributed by atoms with Crippen molar-refractivity contribution in [2.75, 3.05) is 38.3 Å². The molecule has 3 fully saturated rings. The van der Waals surface area contributed by atoms with Crippen molar-refractivity contribution in [1.82, 2.24) is 20.3 Å². The number of methoxy groups -OCH3 is 1. The molecule has 1 saturated carbocycles. The van der Waals surface area contributed by atoms with Gasteiger partial charge in [0.25, 0.3) is 5.91 Å². The van der Waals surface area contributed by atoms with Gasteiger partial charge in [0.1, 0.15) is 23.9 Å². The molecule has 3 aliphatic heterocycles. The normalized spacial score (nSPS) is 24.9. The SMILES string of the molecule is COc1ccnc2c1C(C1CCN(c3cc(C(=O)N[C@@H]4CC[C@@H]4C)nc(OC[C@@H]4CCCO4)n3)CC1)=NC2. The van der Waals surface area contributed by atoms with Crippen molar-refractivity contribution >= 4 is 17.4 Å². The zero-order valence-electron chi connectivity index (χ0n) is 22.2. The number of rotatable bonds is 8. The fraction of sp³-hybridized carbons (Fsp3) is 0.607. The lowest BCUT2D eigenvalue weighted by Crippen LogP contribution is -2.45. The molecule has 10 heteroatoms. The van der Waals surface area contributed by atoms with Crippen LogP contribution in [-0.4, -0.2) is 72.1 Å². The lowest BCUT2D eigenvalue weighted by Gasteiger charge is -2.34. The van der Waals surface area contributed by atoms with E-state index in [1.54, 1.807) is 19.4 Å². The third-order valence-corrected chi connectivity index (χ3v) is 8.36. The number of pyridine rings is 1. The number of ether oxygens (including phenoxy) is 3. The molecule has 2 aromatic heterocycles. The monoisotopic (exact) mass is 520 g/mol. The Labute approximate surface area is 223 Å². The van der Waals surface area contributed by atoms with E-state index >= 15 is 0 Å². The lowest BCUT2D eigenvalue weighted by atomic mass is 9.81. The van der Waals surface area contributed by atoms with Crippen LogP contribution in [0.5, 0.6) is 11.8 Å². The molecule has 10 nitrogen and oxygen atoms in total. The molecule has 5 heterocycles. The molecule has 0 aromatic carbocycles. The van der Waals surface area contributed by atoms with E-state index in [-0.39, 0.29) is 24.1 Å². The summed E-state index contributed by atoms with van der Waals surface area (Å²) in [6.07, 6.45) is 7.83. The Morgan fingerprint density at radius 3 is 2.76 bits per heavy atom. The van der Waals surface area contributed by atoms with Crippen LogP contribution < -0.4 is 19.7 Å². The van der Waals surface area contributed by atoms with Crippen LogP contribution in [0.25, 0.3) is 0 Å². The first-order valence-electron chi connectivity index (χ1n) is 13.8. The molecule has 0 spiro atoms. The second-order valence-electron chi connectivity index (χ2n) is 10.8. The molecule has 0 unspecified atom stereocenters. The summed E-state index contributed by atoms with van der Waals surface area (Å²) < 4.78 is 17.3. The quantitative estimate of drug-likeness (QED) is 0.565. The topological polar surface area (TPSA) is 111 Å². The average Bonchev–Trinajstić information content (AvgIpc) is 3.64. The molecule has 1 aliphatic carbocycles. The van der Waals surface area contributed by atoms with E-state index in [0.29, 0.717) is 30.7 Å². The van der Waals surface area contributed by atoms with Crippen molar-refractivity contribution in [2.24, 2.45) is 16.8 Å². The molecule has 2 aromatic rings. The van der Waals surface area contributed by atoms with Gasteiger partial charge >= 0.3 is 6.01 Å². The van der Waals surface area contributed by atoms with E-state index in [2.05, 4.69) is 27.1 Å². The van der Waals surface area contributed by atoms with Crippen LogP contribution in [0.4, 0.5) is 5.82 Å². The number of amides is 1. The van der Waals surface area contributed by atoms with Crippen molar-refractivity contribution in [3.05, 3.63) is 35.3 Å². The van der Waals surface area contributed by atoms with Gasteiger partial charge in [0.15, 0.2) is 0 Å². The minimum absolute atomic E-state index is 0.0487. The predicted octanol–water partition coefficient (Wildman–Crippen LogP) is 3.19. The Hall–Kier alpha value is -3.27. The molecule has 1 N–H and O–H groups in total. The molecule has 0 bridgehead atoms. The Morgan fingerprint density at radius 2 is 2.05 bits per heavy atom. The fourth-order valence-corrected chi connectivity index (χ4v) is 5.83. The number of carbonyl (C=O) groups excluding carboxylic acids is 1. The van der Waals surface area contributed by atoms with Crippen molar-refractivity contribution in [3.63, 3.8) is 0 Å². The summed E-state index contributed by atoms with van der Waals surface area (Å²) in [6, 6.07) is 4.14. The number of fused-ring (bicyclic) bond motifs is 1. The third kappa shape index (κ3) is 5.06. The number of carbonyl (C=O) groups is 1. The molecule has 6 rings (SSSR count). The van der Waals surface area contributed by atoms with Gasteiger partial charge in [0.05, 0.1) is 36.7 Å². The van der Waals surface area contributed by atoms with E-state index in [1.807, 2.05) is 6.07 Å². The number of hydrogen-bond acceptors (Lipinski definition) is 9. The van der Waals surface area contributed by atoms with Gasteiger partial charge in [-0.25, -0.2) is 0 Å². The molecule has 0 radical (unpaired) electrons. The van der Waals surface area contributed by atoms with Crippen molar-refractivity contribution in [2.45, 2.75) is 64.1 Å². The minimum atomic E-state index is -0.168. The summed E-state index contributed by atoms with van der Waals surface area (Å²) in [5.74, 6) is 2.21. The lowest BCUT2D eigenvalue weighted by molar-refractivity contribution is 0.0643. The molecule has 2 saturated heterocycles. The summed E-state index contributed by atoms with van der Waals surface area (Å²) in [5, 5.41) is 3.14. The number of nitrogens with one attached hydrogen (secondary N) is 1. The smallest absolute Gasteiger partial charge is 0.319 e. The number of anilines is 1. The minimum Gasteiger partial charge on any atom is -0.496 e. The van der Waals surface area contributed by atoms with Gasteiger partial charge in [-0.2, -0.15) is 9.97 Å². The Balaban J connectivity index is 1.17.